The Morgan fingerprint density at radius 2 is 2.08 bits per heavy atom. The fraction of sp³-hybridized carbons (Fsp3) is 0.360. The lowest BCUT2D eigenvalue weighted by atomic mass is 10.2. The Morgan fingerprint density at radius 1 is 1.22 bits per heavy atom. The van der Waals surface area contributed by atoms with Gasteiger partial charge in [-0.05, 0) is 42.5 Å². The van der Waals surface area contributed by atoms with Crippen LogP contribution in [0.5, 0.6) is 5.88 Å². The summed E-state index contributed by atoms with van der Waals surface area (Å²) in [5.74, 6) is 1.04. The van der Waals surface area contributed by atoms with Crippen LogP contribution in [0.15, 0.2) is 46.3 Å². The number of nitrogens with one attached hydrogen (secondary N) is 3. The molecule has 6 rings (SSSR count). The van der Waals surface area contributed by atoms with E-state index >= 15 is 0 Å². The molecule has 0 atom stereocenters. The summed E-state index contributed by atoms with van der Waals surface area (Å²) in [5.41, 5.74) is 3.20. The third kappa shape index (κ3) is 5.02. The number of H-pyrrole nitrogens is 2. The first-order chi connectivity index (χ1) is 17.6. The number of rotatable bonds is 7. The topological polar surface area (TPSA) is 136 Å². The first-order valence-electron chi connectivity index (χ1n) is 12.2. The molecule has 2 aliphatic rings. The molecule has 1 saturated heterocycles. The van der Waals surface area contributed by atoms with E-state index in [2.05, 4.69) is 37.4 Å². The number of fused-ring (bicyclic) bond motifs is 1. The standard InChI is InChI=1S/C25H28N8O3/c34-24-20(29-25(35)31-24)11-18-14-27-33-22(26-13-16-4-5-16)12-21(30-23(18)33)28-19-3-1-2-17(10-19)15-32-6-8-36-9-7-32/h1-3,10-12,14,16,28,34H,4-9,13,15H2,(H2,29,31,35)/b18-11-,26-22?. The van der Waals surface area contributed by atoms with Gasteiger partial charge in [-0.2, -0.15) is 9.61 Å². The number of aromatic amines is 2. The Bertz CT molecular complexity index is 1560. The van der Waals surface area contributed by atoms with E-state index in [1.807, 2.05) is 18.2 Å². The molecule has 2 fully saturated rings. The SMILES string of the molecule is O=c1[nH]c(O)c(/C=c2/cnn3c(=NCC4CC4)cc(Nc4cccc(CN5CCOCC5)c4)nc23)[nH]1. The van der Waals surface area contributed by atoms with Crippen molar-refractivity contribution in [2.75, 3.05) is 38.2 Å². The third-order valence-corrected chi connectivity index (χ3v) is 6.43. The van der Waals surface area contributed by atoms with E-state index in [-0.39, 0.29) is 11.6 Å². The Morgan fingerprint density at radius 3 is 2.86 bits per heavy atom. The van der Waals surface area contributed by atoms with Gasteiger partial charge < -0.3 is 20.1 Å². The molecule has 4 aromatic rings. The van der Waals surface area contributed by atoms with Gasteiger partial charge in [0.15, 0.2) is 11.1 Å². The maximum Gasteiger partial charge on any atom is 0.326 e. The number of aromatic nitrogens is 5. The molecule has 4 heterocycles. The van der Waals surface area contributed by atoms with Crippen molar-refractivity contribution in [2.24, 2.45) is 10.9 Å². The molecule has 3 aromatic heterocycles. The Kier molecular flexibility index (Phi) is 5.99. The lowest BCUT2D eigenvalue weighted by Gasteiger charge is -2.26. The van der Waals surface area contributed by atoms with Crippen LogP contribution >= 0.6 is 0 Å². The van der Waals surface area contributed by atoms with Gasteiger partial charge in [-0.1, -0.05) is 12.1 Å². The van der Waals surface area contributed by atoms with Crippen LogP contribution in [0, 0.1) is 5.92 Å². The molecule has 1 aromatic carbocycles. The molecule has 11 nitrogen and oxygen atoms in total. The van der Waals surface area contributed by atoms with Crippen molar-refractivity contribution < 1.29 is 9.84 Å². The predicted octanol–water partition coefficient (Wildman–Crippen LogP) is 0.886. The van der Waals surface area contributed by atoms with Gasteiger partial charge in [-0.25, -0.2) is 9.78 Å². The van der Waals surface area contributed by atoms with Crippen molar-refractivity contribution in [1.82, 2.24) is 29.5 Å². The number of hydrogen-bond donors (Lipinski definition) is 4. The Hall–Kier alpha value is -3.96. The minimum atomic E-state index is -0.484. The highest BCUT2D eigenvalue weighted by molar-refractivity contribution is 5.61. The minimum absolute atomic E-state index is 0.232. The second-order valence-corrected chi connectivity index (χ2v) is 9.32. The molecule has 186 valence electrons. The maximum atomic E-state index is 11.6. The Labute approximate surface area is 206 Å². The van der Waals surface area contributed by atoms with E-state index in [0.29, 0.717) is 28.1 Å². The van der Waals surface area contributed by atoms with Crippen LogP contribution < -0.4 is 21.7 Å². The third-order valence-electron chi connectivity index (χ3n) is 6.43. The maximum absolute atomic E-state index is 11.6. The molecule has 1 aliphatic heterocycles. The van der Waals surface area contributed by atoms with Crippen LogP contribution in [-0.4, -0.2) is 67.4 Å². The lowest BCUT2D eigenvalue weighted by Crippen LogP contribution is -2.35. The van der Waals surface area contributed by atoms with E-state index in [9.17, 15) is 9.90 Å². The Balaban J connectivity index is 1.36. The van der Waals surface area contributed by atoms with Crippen LogP contribution in [0.2, 0.25) is 0 Å². The molecule has 0 amide bonds. The van der Waals surface area contributed by atoms with Crippen molar-refractivity contribution in [3.63, 3.8) is 0 Å². The summed E-state index contributed by atoms with van der Waals surface area (Å²) >= 11 is 0. The summed E-state index contributed by atoms with van der Waals surface area (Å²) in [6, 6.07) is 10.2. The average Bonchev–Trinajstić information content (AvgIpc) is 3.54. The van der Waals surface area contributed by atoms with Crippen molar-refractivity contribution in [2.45, 2.75) is 19.4 Å². The molecule has 11 heteroatoms. The van der Waals surface area contributed by atoms with Gasteiger partial charge in [-0.3, -0.25) is 14.9 Å². The highest BCUT2D eigenvalue weighted by atomic mass is 16.5. The van der Waals surface area contributed by atoms with E-state index < -0.39 is 5.69 Å². The van der Waals surface area contributed by atoms with Gasteiger partial charge in [0.25, 0.3) is 0 Å². The zero-order valence-electron chi connectivity index (χ0n) is 19.8. The molecular formula is C25H28N8O3. The number of nitrogens with zero attached hydrogens (tertiary/aromatic N) is 5. The van der Waals surface area contributed by atoms with E-state index in [0.717, 1.165) is 45.1 Å². The molecule has 1 saturated carbocycles. The van der Waals surface area contributed by atoms with Crippen molar-refractivity contribution >= 4 is 23.2 Å². The minimum Gasteiger partial charge on any atom is -0.493 e. The molecule has 0 radical (unpaired) electrons. The van der Waals surface area contributed by atoms with Crippen LogP contribution in [0.4, 0.5) is 11.5 Å². The van der Waals surface area contributed by atoms with Gasteiger partial charge in [0.2, 0.25) is 5.88 Å². The van der Waals surface area contributed by atoms with E-state index in [4.69, 9.17) is 14.7 Å². The molecule has 0 unspecified atom stereocenters. The van der Waals surface area contributed by atoms with Crippen LogP contribution in [0.25, 0.3) is 11.7 Å². The number of ether oxygens (including phenoxy) is 1. The smallest absolute Gasteiger partial charge is 0.326 e. The second-order valence-electron chi connectivity index (χ2n) is 9.32. The highest BCUT2D eigenvalue weighted by Gasteiger charge is 2.20. The normalized spacial score (nSPS) is 17.8. The first kappa shape index (κ1) is 22.5. The van der Waals surface area contributed by atoms with Gasteiger partial charge in [0, 0.05) is 43.2 Å². The summed E-state index contributed by atoms with van der Waals surface area (Å²) in [5, 5.41) is 18.6. The number of morpholine rings is 1. The largest absolute Gasteiger partial charge is 0.493 e. The number of benzene rings is 1. The number of anilines is 2. The van der Waals surface area contributed by atoms with Crippen LogP contribution in [-0.2, 0) is 11.3 Å². The summed E-state index contributed by atoms with van der Waals surface area (Å²) in [7, 11) is 0. The molecular weight excluding hydrogens is 460 g/mol. The lowest BCUT2D eigenvalue weighted by molar-refractivity contribution is 0.0342. The summed E-state index contributed by atoms with van der Waals surface area (Å²) in [4.78, 5) is 28.5. The van der Waals surface area contributed by atoms with Crippen molar-refractivity contribution in [3.05, 3.63) is 69.0 Å². The van der Waals surface area contributed by atoms with E-state index in [1.165, 1.54) is 18.4 Å². The highest BCUT2D eigenvalue weighted by Crippen LogP contribution is 2.28. The van der Waals surface area contributed by atoms with Gasteiger partial charge >= 0.3 is 5.69 Å². The molecule has 4 N–H and O–H groups in total. The molecule has 0 spiro atoms. The van der Waals surface area contributed by atoms with Crippen molar-refractivity contribution in [1.29, 1.82) is 0 Å². The monoisotopic (exact) mass is 488 g/mol. The van der Waals surface area contributed by atoms with Gasteiger partial charge in [0.1, 0.15) is 11.5 Å². The van der Waals surface area contributed by atoms with Crippen molar-refractivity contribution in [3.8, 4) is 5.88 Å². The zero-order chi connectivity index (χ0) is 24.5. The van der Waals surface area contributed by atoms with Crippen LogP contribution in [0.1, 0.15) is 24.1 Å². The second kappa shape index (κ2) is 9.59. The molecule has 36 heavy (non-hydrogen) atoms. The van der Waals surface area contributed by atoms with Gasteiger partial charge in [-0.15, -0.1) is 0 Å². The summed E-state index contributed by atoms with van der Waals surface area (Å²) in [6.45, 7) is 5.03. The summed E-state index contributed by atoms with van der Waals surface area (Å²) < 4.78 is 7.15. The number of hydrogen-bond acceptors (Lipinski definition) is 8. The summed E-state index contributed by atoms with van der Waals surface area (Å²) in [6.07, 6.45) is 5.70. The molecule has 0 bridgehead atoms. The fourth-order valence-corrected chi connectivity index (χ4v) is 4.33. The fourth-order valence-electron chi connectivity index (χ4n) is 4.33. The zero-order valence-corrected chi connectivity index (χ0v) is 19.8. The van der Waals surface area contributed by atoms with Gasteiger partial charge in [0.05, 0.1) is 19.4 Å². The quantitative estimate of drug-likeness (QED) is 0.303. The first-order valence-corrected chi connectivity index (χ1v) is 12.2. The van der Waals surface area contributed by atoms with E-state index in [1.54, 1.807) is 16.8 Å². The number of aromatic hydroxyl groups is 1. The average molecular weight is 489 g/mol. The number of imidazole rings is 1. The predicted molar refractivity (Wildman–Crippen MR) is 134 cm³/mol. The molecule has 1 aliphatic carbocycles. The van der Waals surface area contributed by atoms with Crippen LogP contribution in [0.3, 0.4) is 0 Å².